The summed E-state index contributed by atoms with van der Waals surface area (Å²) >= 11 is 0. The van der Waals surface area contributed by atoms with Crippen molar-refractivity contribution in [3.05, 3.63) is 35.9 Å². The lowest BCUT2D eigenvalue weighted by atomic mass is 10.1. The number of carbonyl (C=O) groups excluding carboxylic acids is 2. The molecule has 0 aromatic heterocycles. The Morgan fingerprint density at radius 2 is 1.78 bits per heavy atom. The fraction of sp³-hybridized carbons (Fsp3) is 0.438. The van der Waals surface area contributed by atoms with Crippen LogP contribution in [0.4, 0.5) is 4.79 Å². The molecule has 0 bridgehead atoms. The van der Waals surface area contributed by atoms with Gasteiger partial charge in [-0.1, -0.05) is 30.3 Å². The molecule has 7 nitrogen and oxygen atoms in total. The first-order chi connectivity index (χ1) is 10.7. The molecule has 1 aromatic rings. The van der Waals surface area contributed by atoms with E-state index in [4.69, 9.17) is 9.84 Å². The number of carboxylic acid groups (broad SMARTS) is 1. The summed E-state index contributed by atoms with van der Waals surface area (Å²) in [5, 5.41) is 13.9. The third kappa shape index (κ3) is 7.85. The van der Waals surface area contributed by atoms with Crippen LogP contribution in [0, 0.1) is 0 Å². The molecule has 0 saturated heterocycles. The monoisotopic (exact) mass is 322 g/mol. The van der Waals surface area contributed by atoms with Crippen molar-refractivity contribution in [3.8, 4) is 0 Å². The topological polar surface area (TPSA) is 105 Å². The predicted octanol–water partition coefficient (Wildman–Crippen LogP) is 1.67. The van der Waals surface area contributed by atoms with Crippen LogP contribution in [0.15, 0.2) is 30.3 Å². The molecule has 0 saturated carbocycles. The summed E-state index contributed by atoms with van der Waals surface area (Å²) in [4.78, 5) is 34.6. The molecule has 0 unspecified atom stereocenters. The van der Waals surface area contributed by atoms with Crippen LogP contribution in [0.25, 0.3) is 0 Å². The Morgan fingerprint density at radius 3 is 2.30 bits per heavy atom. The Balaban J connectivity index is 2.50. The first-order valence-electron chi connectivity index (χ1n) is 7.18. The number of ether oxygens (including phenoxy) is 1. The highest BCUT2D eigenvalue weighted by Gasteiger charge is 2.25. The number of carbonyl (C=O) groups is 3. The molecule has 23 heavy (non-hydrogen) atoms. The van der Waals surface area contributed by atoms with E-state index in [9.17, 15) is 14.4 Å². The molecule has 0 heterocycles. The first kappa shape index (κ1) is 18.5. The van der Waals surface area contributed by atoms with Crippen molar-refractivity contribution in [1.82, 2.24) is 10.6 Å². The van der Waals surface area contributed by atoms with Crippen molar-refractivity contribution in [2.75, 3.05) is 0 Å². The summed E-state index contributed by atoms with van der Waals surface area (Å²) in [6.07, 6.45) is -1.25. The maximum atomic E-state index is 11.8. The molecule has 126 valence electrons. The fourth-order valence-electron chi connectivity index (χ4n) is 1.76. The zero-order valence-electron chi connectivity index (χ0n) is 13.5. The van der Waals surface area contributed by atoms with Crippen molar-refractivity contribution in [2.45, 2.75) is 45.4 Å². The van der Waals surface area contributed by atoms with E-state index >= 15 is 0 Å². The molecule has 0 fully saturated rings. The van der Waals surface area contributed by atoms with Crippen LogP contribution < -0.4 is 10.6 Å². The predicted molar refractivity (Wildman–Crippen MR) is 83.7 cm³/mol. The quantitative estimate of drug-likeness (QED) is 0.739. The van der Waals surface area contributed by atoms with Crippen LogP contribution in [0.3, 0.4) is 0 Å². The van der Waals surface area contributed by atoms with Gasteiger partial charge in [0.25, 0.3) is 0 Å². The van der Waals surface area contributed by atoms with E-state index in [1.807, 2.05) is 6.07 Å². The molecule has 3 N–H and O–H groups in total. The maximum Gasteiger partial charge on any atom is 0.408 e. The Bertz CT molecular complexity index is 551. The standard InChI is InChI=1S/C16H22N2O5/c1-16(2,3)18-13(19)9-12(14(20)21)17-15(22)23-10-11-7-5-4-6-8-11/h4-8,12H,9-10H2,1-3H3,(H,17,22)(H,18,19)(H,20,21)/t12-/m0/s1. The van der Waals surface area contributed by atoms with Gasteiger partial charge in [0.2, 0.25) is 5.91 Å². The van der Waals surface area contributed by atoms with Crippen LogP contribution in [0.2, 0.25) is 0 Å². The second-order valence-electron chi connectivity index (χ2n) is 6.10. The van der Waals surface area contributed by atoms with Gasteiger partial charge in [0, 0.05) is 5.54 Å². The smallest absolute Gasteiger partial charge is 0.408 e. The lowest BCUT2D eigenvalue weighted by molar-refractivity contribution is -0.141. The number of benzene rings is 1. The highest BCUT2D eigenvalue weighted by Crippen LogP contribution is 2.03. The van der Waals surface area contributed by atoms with Crippen LogP contribution in [0.1, 0.15) is 32.8 Å². The number of rotatable bonds is 6. The molecule has 0 radical (unpaired) electrons. The molecule has 1 aromatic carbocycles. The van der Waals surface area contributed by atoms with Crippen molar-refractivity contribution in [2.24, 2.45) is 0 Å². The van der Waals surface area contributed by atoms with E-state index in [0.717, 1.165) is 5.56 Å². The second-order valence-corrected chi connectivity index (χ2v) is 6.10. The van der Waals surface area contributed by atoms with Gasteiger partial charge >= 0.3 is 12.1 Å². The van der Waals surface area contributed by atoms with Crippen LogP contribution in [0.5, 0.6) is 0 Å². The highest BCUT2D eigenvalue weighted by molar-refractivity contribution is 5.87. The van der Waals surface area contributed by atoms with Crippen LogP contribution >= 0.6 is 0 Å². The number of hydrogen-bond acceptors (Lipinski definition) is 4. The Labute approximate surface area is 135 Å². The Hall–Kier alpha value is -2.57. The lowest BCUT2D eigenvalue weighted by Gasteiger charge is -2.22. The van der Waals surface area contributed by atoms with E-state index in [-0.39, 0.29) is 13.0 Å². The van der Waals surface area contributed by atoms with E-state index < -0.39 is 29.6 Å². The second kappa shape index (κ2) is 8.17. The van der Waals surface area contributed by atoms with E-state index in [0.29, 0.717) is 0 Å². The van der Waals surface area contributed by atoms with Crippen molar-refractivity contribution < 1.29 is 24.2 Å². The summed E-state index contributed by atoms with van der Waals surface area (Å²) in [6, 6.07) is 7.64. The number of nitrogens with one attached hydrogen (secondary N) is 2. The summed E-state index contributed by atoms with van der Waals surface area (Å²) in [6.45, 7) is 5.36. The van der Waals surface area contributed by atoms with Gasteiger partial charge in [0.1, 0.15) is 12.6 Å². The van der Waals surface area contributed by atoms with Crippen molar-refractivity contribution in [1.29, 1.82) is 0 Å². The summed E-state index contributed by atoms with van der Waals surface area (Å²) in [5.74, 6) is -1.76. The number of aliphatic carboxylic acids is 1. The number of hydrogen-bond donors (Lipinski definition) is 3. The zero-order chi connectivity index (χ0) is 17.5. The van der Waals surface area contributed by atoms with Crippen molar-refractivity contribution in [3.63, 3.8) is 0 Å². The molecular weight excluding hydrogens is 300 g/mol. The van der Waals surface area contributed by atoms with Gasteiger partial charge in [-0.3, -0.25) is 4.79 Å². The summed E-state index contributed by atoms with van der Waals surface area (Å²) in [7, 11) is 0. The SMILES string of the molecule is CC(C)(C)NC(=O)C[C@H](NC(=O)OCc1ccccc1)C(=O)O. The van der Waals surface area contributed by atoms with Gasteiger partial charge in [-0.25, -0.2) is 9.59 Å². The van der Waals surface area contributed by atoms with Gasteiger partial charge in [0.15, 0.2) is 0 Å². The zero-order valence-corrected chi connectivity index (χ0v) is 13.5. The third-order valence-electron chi connectivity index (χ3n) is 2.71. The minimum Gasteiger partial charge on any atom is -0.480 e. The van der Waals surface area contributed by atoms with Gasteiger partial charge in [0.05, 0.1) is 6.42 Å². The first-order valence-corrected chi connectivity index (χ1v) is 7.18. The Morgan fingerprint density at radius 1 is 1.17 bits per heavy atom. The van der Waals surface area contributed by atoms with Crippen LogP contribution in [-0.2, 0) is 20.9 Å². The molecule has 0 aliphatic carbocycles. The van der Waals surface area contributed by atoms with E-state index in [2.05, 4.69) is 10.6 Å². The molecular formula is C16H22N2O5. The average Bonchev–Trinajstić information content (AvgIpc) is 2.43. The lowest BCUT2D eigenvalue weighted by Crippen LogP contribution is -2.47. The molecule has 1 rings (SSSR count). The fourth-order valence-corrected chi connectivity index (χ4v) is 1.76. The van der Waals surface area contributed by atoms with E-state index in [1.54, 1.807) is 45.0 Å². The van der Waals surface area contributed by atoms with Gasteiger partial charge < -0.3 is 20.5 Å². The third-order valence-corrected chi connectivity index (χ3v) is 2.71. The Kier molecular flexibility index (Phi) is 6.56. The molecule has 1 atom stereocenters. The average molecular weight is 322 g/mol. The van der Waals surface area contributed by atoms with Crippen molar-refractivity contribution >= 4 is 18.0 Å². The molecule has 7 heteroatoms. The normalized spacial score (nSPS) is 12.1. The molecule has 0 spiro atoms. The summed E-state index contributed by atoms with van der Waals surface area (Å²) < 4.78 is 4.95. The van der Waals surface area contributed by atoms with Gasteiger partial charge in [-0.05, 0) is 26.3 Å². The van der Waals surface area contributed by atoms with E-state index in [1.165, 1.54) is 0 Å². The number of carboxylic acids is 1. The molecule has 0 aliphatic rings. The number of amides is 2. The summed E-state index contributed by atoms with van der Waals surface area (Å²) in [5.41, 5.74) is 0.300. The minimum atomic E-state index is -1.35. The minimum absolute atomic E-state index is 0.0210. The molecule has 2 amide bonds. The molecule has 0 aliphatic heterocycles. The maximum absolute atomic E-state index is 11.8. The number of alkyl carbamates (subject to hydrolysis) is 1. The largest absolute Gasteiger partial charge is 0.480 e. The van der Waals surface area contributed by atoms with Gasteiger partial charge in [-0.15, -0.1) is 0 Å². The van der Waals surface area contributed by atoms with Crippen LogP contribution in [-0.4, -0.2) is 34.7 Å². The van der Waals surface area contributed by atoms with Gasteiger partial charge in [-0.2, -0.15) is 0 Å². The highest BCUT2D eigenvalue weighted by atomic mass is 16.5.